The second kappa shape index (κ2) is 7.43. The van der Waals surface area contributed by atoms with E-state index < -0.39 is 0 Å². The molecular weight excluding hydrogens is 310 g/mol. The molecule has 0 bridgehead atoms. The van der Waals surface area contributed by atoms with E-state index in [0.717, 1.165) is 62.7 Å². The van der Waals surface area contributed by atoms with Crippen LogP contribution in [0.2, 0.25) is 5.02 Å². The predicted octanol–water partition coefficient (Wildman–Crippen LogP) is 3.77. The van der Waals surface area contributed by atoms with Gasteiger partial charge in [-0.3, -0.25) is 0 Å². The fourth-order valence-corrected chi connectivity index (χ4v) is 3.71. The van der Waals surface area contributed by atoms with Crippen LogP contribution in [0.5, 0.6) is 0 Å². The maximum absolute atomic E-state index is 12.7. The third-order valence-corrected chi connectivity index (χ3v) is 5.42. The molecule has 1 aromatic rings. The lowest BCUT2D eigenvalue weighted by Gasteiger charge is -2.39. The average molecular weight is 336 g/mol. The van der Waals surface area contributed by atoms with Gasteiger partial charge < -0.3 is 14.7 Å². The van der Waals surface area contributed by atoms with Crippen molar-refractivity contribution in [2.45, 2.75) is 32.6 Å². The molecule has 2 aliphatic heterocycles. The molecule has 0 N–H and O–H groups in total. The minimum atomic E-state index is 0.231. The van der Waals surface area contributed by atoms with Crippen molar-refractivity contribution < 1.29 is 4.79 Å². The van der Waals surface area contributed by atoms with Crippen molar-refractivity contribution in [1.82, 2.24) is 9.80 Å². The summed E-state index contributed by atoms with van der Waals surface area (Å²) < 4.78 is 0. The number of urea groups is 1. The van der Waals surface area contributed by atoms with E-state index in [0.29, 0.717) is 0 Å². The highest BCUT2D eigenvalue weighted by Crippen LogP contribution is 2.27. The maximum atomic E-state index is 12.7. The Morgan fingerprint density at radius 3 is 2.17 bits per heavy atom. The van der Waals surface area contributed by atoms with Gasteiger partial charge in [-0.2, -0.15) is 0 Å². The Balaban J connectivity index is 1.59. The second-order valence-electron chi connectivity index (χ2n) is 6.54. The highest BCUT2D eigenvalue weighted by molar-refractivity contribution is 6.31. The number of hydrogen-bond donors (Lipinski definition) is 0. The van der Waals surface area contributed by atoms with E-state index in [1.165, 1.54) is 18.5 Å². The maximum Gasteiger partial charge on any atom is 0.320 e. The first-order valence-electron chi connectivity index (χ1n) is 8.71. The van der Waals surface area contributed by atoms with Crippen molar-refractivity contribution in [2.24, 2.45) is 0 Å². The molecule has 0 radical (unpaired) electrons. The summed E-state index contributed by atoms with van der Waals surface area (Å²) in [5, 5.41) is 0.811. The number of likely N-dealkylation sites (tertiary alicyclic amines) is 1. The lowest BCUT2D eigenvalue weighted by atomic mass is 10.1. The number of halogens is 1. The van der Waals surface area contributed by atoms with Crippen molar-refractivity contribution in [1.29, 1.82) is 0 Å². The number of benzene rings is 1. The summed E-state index contributed by atoms with van der Waals surface area (Å²) in [6, 6.07) is 6.28. The molecule has 2 heterocycles. The van der Waals surface area contributed by atoms with Crippen molar-refractivity contribution in [3.8, 4) is 0 Å². The van der Waals surface area contributed by atoms with Crippen LogP contribution in [0.3, 0.4) is 0 Å². The van der Waals surface area contributed by atoms with Crippen LogP contribution in [0.1, 0.15) is 31.2 Å². The van der Waals surface area contributed by atoms with Gasteiger partial charge in [-0.15, -0.1) is 0 Å². The summed E-state index contributed by atoms with van der Waals surface area (Å²) in [6.45, 7) is 7.25. The van der Waals surface area contributed by atoms with Crippen LogP contribution in [-0.4, -0.2) is 55.1 Å². The van der Waals surface area contributed by atoms with E-state index in [-0.39, 0.29) is 6.03 Å². The van der Waals surface area contributed by atoms with Gasteiger partial charge in [0.15, 0.2) is 0 Å². The molecule has 5 heteroatoms. The number of nitrogens with zero attached hydrogens (tertiary/aromatic N) is 3. The van der Waals surface area contributed by atoms with Gasteiger partial charge in [0.05, 0.1) is 0 Å². The molecule has 2 fully saturated rings. The van der Waals surface area contributed by atoms with Crippen LogP contribution < -0.4 is 4.90 Å². The van der Waals surface area contributed by atoms with Crippen LogP contribution in [0.25, 0.3) is 0 Å². The summed E-state index contributed by atoms with van der Waals surface area (Å²) in [5.74, 6) is 0. The molecule has 0 atom stereocenters. The first-order chi connectivity index (χ1) is 11.2. The Labute approximate surface area is 144 Å². The van der Waals surface area contributed by atoms with Crippen molar-refractivity contribution in [2.75, 3.05) is 44.2 Å². The molecule has 23 heavy (non-hydrogen) atoms. The first kappa shape index (κ1) is 16.4. The zero-order valence-corrected chi connectivity index (χ0v) is 14.7. The van der Waals surface area contributed by atoms with E-state index in [1.54, 1.807) is 0 Å². The van der Waals surface area contributed by atoms with Gasteiger partial charge in [-0.05, 0) is 37.5 Å². The molecule has 0 saturated carbocycles. The number of anilines is 1. The molecule has 0 spiro atoms. The lowest BCUT2D eigenvalue weighted by Crippen LogP contribution is -2.53. The fourth-order valence-electron chi connectivity index (χ4n) is 3.54. The normalized spacial score (nSPS) is 19.7. The van der Waals surface area contributed by atoms with Gasteiger partial charge in [-0.1, -0.05) is 30.5 Å². The number of piperazine rings is 1. The predicted molar refractivity (Wildman–Crippen MR) is 95.4 cm³/mol. The SMILES string of the molecule is Cc1c(Cl)cccc1N1CCN(C(=O)N2CCCCCC2)CC1. The Morgan fingerprint density at radius 2 is 1.52 bits per heavy atom. The van der Waals surface area contributed by atoms with E-state index in [2.05, 4.69) is 17.9 Å². The zero-order chi connectivity index (χ0) is 16.2. The van der Waals surface area contributed by atoms with E-state index in [9.17, 15) is 4.79 Å². The molecule has 0 aromatic heterocycles. The van der Waals surface area contributed by atoms with Crippen LogP contribution in [0.4, 0.5) is 10.5 Å². The average Bonchev–Trinajstić information content (AvgIpc) is 2.86. The largest absolute Gasteiger partial charge is 0.368 e. The first-order valence-corrected chi connectivity index (χ1v) is 9.08. The lowest BCUT2D eigenvalue weighted by molar-refractivity contribution is 0.151. The highest BCUT2D eigenvalue weighted by atomic mass is 35.5. The Bertz CT molecular complexity index is 547. The number of carbonyl (C=O) groups excluding carboxylic acids is 1. The molecule has 3 rings (SSSR count). The summed E-state index contributed by atoms with van der Waals surface area (Å²) in [6.07, 6.45) is 4.80. The number of rotatable bonds is 1. The van der Waals surface area contributed by atoms with Crippen LogP contribution in [0, 0.1) is 6.92 Å². The number of carbonyl (C=O) groups is 1. The highest BCUT2D eigenvalue weighted by Gasteiger charge is 2.26. The van der Waals surface area contributed by atoms with Gasteiger partial charge in [0, 0.05) is 50.0 Å². The van der Waals surface area contributed by atoms with Gasteiger partial charge in [0.1, 0.15) is 0 Å². The van der Waals surface area contributed by atoms with Crippen LogP contribution in [-0.2, 0) is 0 Å². The van der Waals surface area contributed by atoms with Gasteiger partial charge in [-0.25, -0.2) is 4.79 Å². The van der Waals surface area contributed by atoms with Crippen LogP contribution >= 0.6 is 11.6 Å². The van der Waals surface area contributed by atoms with Crippen molar-refractivity contribution in [3.63, 3.8) is 0 Å². The Morgan fingerprint density at radius 1 is 0.913 bits per heavy atom. The summed E-state index contributed by atoms with van der Waals surface area (Å²) >= 11 is 6.23. The molecule has 0 aliphatic carbocycles. The molecule has 2 aliphatic rings. The zero-order valence-electron chi connectivity index (χ0n) is 13.9. The fraction of sp³-hybridized carbons (Fsp3) is 0.611. The topological polar surface area (TPSA) is 26.8 Å². The molecule has 4 nitrogen and oxygen atoms in total. The Kier molecular flexibility index (Phi) is 5.31. The van der Waals surface area contributed by atoms with Gasteiger partial charge >= 0.3 is 6.03 Å². The van der Waals surface area contributed by atoms with Crippen molar-refractivity contribution in [3.05, 3.63) is 28.8 Å². The summed E-state index contributed by atoms with van der Waals surface area (Å²) in [7, 11) is 0. The molecule has 126 valence electrons. The monoisotopic (exact) mass is 335 g/mol. The molecule has 2 saturated heterocycles. The third-order valence-electron chi connectivity index (χ3n) is 5.01. The van der Waals surface area contributed by atoms with E-state index in [1.807, 2.05) is 21.9 Å². The third kappa shape index (κ3) is 3.74. The minimum Gasteiger partial charge on any atom is -0.368 e. The van der Waals surface area contributed by atoms with E-state index in [4.69, 9.17) is 11.6 Å². The molecule has 2 amide bonds. The molecule has 0 unspecified atom stereocenters. The van der Waals surface area contributed by atoms with Gasteiger partial charge in [0.2, 0.25) is 0 Å². The number of amides is 2. The van der Waals surface area contributed by atoms with Crippen molar-refractivity contribution >= 4 is 23.3 Å². The van der Waals surface area contributed by atoms with E-state index >= 15 is 0 Å². The molecular formula is C18H26ClN3O. The summed E-state index contributed by atoms with van der Waals surface area (Å²) in [5.41, 5.74) is 2.32. The minimum absolute atomic E-state index is 0.231. The summed E-state index contributed by atoms with van der Waals surface area (Å²) in [4.78, 5) is 19.1. The second-order valence-corrected chi connectivity index (χ2v) is 6.95. The van der Waals surface area contributed by atoms with Crippen LogP contribution in [0.15, 0.2) is 18.2 Å². The standard InChI is InChI=1S/C18H26ClN3O/c1-15-16(19)7-6-8-17(15)20-11-13-22(14-12-20)18(23)21-9-4-2-3-5-10-21/h6-8H,2-5,9-14H2,1H3. The smallest absolute Gasteiger partial charge is 0.320 e. The Hall–Kier alpha value is -1.42. The molecule has 1 aromatic carbocycles. The number of hydrogen-bond acceptors (Lipinski definition) is 2. The van der Waals surface area contributed by atoms with Gasteiger partial charge in [0.25, 0.3) is 0 Å². The quantitative estimate of drug-likeness (QED) is 0.781.